The predicted molar refractivity (Wildman–Crippen MR) is 115 cm³/mol. The number of rotatable bonds is 2. The van der Waals surface area contributed by atoms with Gasteiger partial charge in [-0.3, -0.25) is 9.78 Å². The molecule has 0 saturated carbocycles. The molecule has 0 bridgehead atoms. The van der Waals surface area contributed by atoms with Gasteiger partial charge in [0.25, 0.3) is 5.91 Å². The quantitative estimate of drug-likeness (QED) is 0.476. The number of fused-ring (bicyclic) bond motifs is 1. The van der Waals surface area contributed by atoms with Crippen molar-refractivity contribution in [1.82, 2.24) is 24.5 Å². The van der Waals surface area contributed by atoms with Crippen molar-refractivity contribution in [3.05, 3.63) is 83.9 Å². The monoisotopic (exact) mass is 409 g/mol. The Morgan fingerprint density at radius 3 is 2.52 bits per heavy atom. The highest BCUT2D eigenvalue weighted by Crippen LogP contribution is 2.20. The molecule has 0 radical (unpaired) electrons. The molecule has 1 aliphatic heterocycles. The van der Waals surface area contributed by atoms with Crippen LogP contribution in [-0.4, -0.2) is 56.7 Å². The van der Waals surface area contributed by atoms with Crippen molar-refractivity contribution in [1.29, 1.82) is 0 Å². The second-order valence-corrected chi connectivity index (χ2v) is 7.11. The third kappa shape index (κ3) is 4.02. The fraction of sp³-hybridized carbons (Fsp3) is 0.167. The van der Waals surface area contributed by atoms with Crippen molar-refractivity contribution < 1.29 is 9.53 Å². The second kappa shape index (κ2) is 8.38. The summed E-state index contributed by atoms with van der Waals surface area (Å²) >= 11 is 0. The Morgan fingerprint density at radius 2 is 1.74 bits per heavy atom. The van der Waals surface area contributed by atoms with Crippen LogP contribution in [0.4, 0.5) is 0 Å². The lowest BCUT2D eigenvalue weighted by atomic mass is 10.1. The van der Waals surface area contributed by atoms with E-state index in [4.69, 9.17) is 9.72 Å². The largest absolute Gasteiger partial charge is 0.378 e. The zero-order chi connectivity index (χ0) is 21.0. The number of benzene rings is 1. The van der Waals surface area contributed by atoms with Gasteiger partial charge in [-0.2, -0.15) is 5.10 Å². The molecule has 1 saturated heterocycles. The zero-order valence-corrected chi connectivity index (χ0v) is 16.7. The minimum absolute atomic E-state index is 0.0303. The van der Waals surface area contributed by atoms with Crippen LogP contribution in [0.5, 0.6) is 0 Å². The minimum Gasteiger partial charge on any atom is -0.378 e. The van der Waals surface area contributed by atoms with E-state index in [1.54, 1.807) is 23.1 Å². The van der Waals surface area contributed by atoms with E-state index in [0.717, 1.165) is 22.4 Å². The normalized spacial score (nSPS) is 13.6. The van der Waals surface area contributed by atoms with Crippen molar-refractivity contribution in [3.8, 4) is 23.1 Å². The van der Waals surface area contributed by atoms with E-state index >= 15 is 0 Å². The first-order chi connectivity index (χ1) is 15.3. The summed E-state index contributed by atoms with van der Waals surface area (Å²) in [4.78, 5) is 23.2. The molecule has 1 amide bonds. The highest BCUT2D eigenvalue weighted by molar-refractivity contribution is 5.94. The summed E-state index contributed by atoms with van der Waals surface area (Å²) in [6, 6.07) is 13.2. The summed E-state index contributed by atoms with van der Waals surface area (Å²) in [7, 11) is 0. The van der Waals surface area contributed by atoms with E-state index < -0.39 is 0 Å². The molecule has 1 fully saturated rings. The average Bonchev–Trinajstić information content (AvgIpc) is 3.26. The molecule has 4 aromatic rings. The number of ether oxygens (including phenoxy) is 1. The SMILES string of the molecule is O=C(c1ccc(-c2ccn3ncc(C#Cc4ccncc4)c3n2)cc1)N1CCOCC1. The Labute approximate surface area is 179 Å². The van der Waals surface area contributed by atoms with Crippen LogP contribution in [0, 0.1) is 11.8 Å². The number of carbonyl (C=O) groups excluding carboxylic acids is 1. The van der Waals surface area contributed by atoms with E-state index in [2.05, 4.69) is 21.9 Å². The van der Waals surface area contributed by atoms with Gasteiger partial charge >= 0.3 is 0 Å². The average molecular weight is 409 g/mol. The molecule has 7 nitrogen and oxygen atoms in total. The number of hydrogen-bond donors (Lipinski definition) is 0. The third-order valence-electron chi connectivity index (χ3n) is 5.12. The van der Waals surface area contributed by atoms with Crippen LogP contribution in [0.1, 0.15) is 21.5 Å². The van der Waals surface area contributed by atoms with Crippen molar-refractivity contribution >= 4 is 11.6 Å². The lowest BCUT2D eigenvalue weighted by Gasteiger charge is -2.26. The summed E-state index contributed by atoms with van der Waals surface area (Å²) in [5.41, 5.74) is 4.71. The topological polar surface area (TPSA) is 72.6 Å². The molecule has 0 N–H and O–H groups in total. The Morgan fingerprint density at radius 1 is 0.968 bits per heavy atom. The first kappa shape index (κ1) is 19.0. The Kier molecular flexibility index (Phi) is 5.13. The van der Waals surface area contributed by atoms with Gasteiger partial charge in [0.2, 0.25) is 0 Å². The molecule has 31 heavy (non-hydrogen) atoms. The molecule has 7 heteroatoms. The van der Waals surface area contributed by atoms with Crippen molar-refractivity contribution in [2.75, 3.05) is 26.3 Å². The predicted octanol–water partition coefficient (Wildman–Crippen LogP) is 2.66. The number of carbonyl (C=O) groups is 1. The lowest BCUT2D eigenvalue weighted by molar-refractivity contribution is 0.0303. The van der Waals surface area contributed by atoms with Gasteiger partial charge in [0.1, 0.15) is 0 Å². The van der Waals surface area contributed by atoms with E-state index in [-0.39, 0.29) is 5.91 Å². The molecular formula is C24H19N5O2. The summed E-state index contributed by atoms with van der Waals surface area (Å²) in [6.45, 7) is 2.43. The third-order valence-corrected chi connectivity index (χ3v) is 5.12. The fourth-order valence-electron chi connectivity index (χ4n) is 3.43. The second-order valence-electron chi connectivity index (χ2n) is 7.11. The number of pyridine rings is 1. The van der Waals surface area contributed by atoms with Crippen LogP contribution in [0.2, 0.25) is 0 Å². The van der Waals surface area contributed by atoms with Crippen molar-refractivity contribution in [2.24, 2.45) is 0 Å². The first-order valence-corrected chi connectivity index (χ1v) is 10.0. The van der Waals surface area contributed by atoms with Gasteiger partial charge in [0, 0.05) is 48.4 Å². The maximum Gasteiger partial charge on any atom is 0.254 e. The van der Waals surface area contributed by atoms with Gasteiger partial charge in [-0.1, -0.05) is 24.0 Å². The summed E-state index contributed by atoms with van der Waals surface area (Å²) in [5.74, 6) is 6.28. The number of morpholine rings is 1. The van der Waals surface area contributed by atoms with Gasteiger partial charge in [0.05, 0.1) is 30.7 Å². The van der Waals surface area contributed by atoms with E-state index in [1.807, 2.05) is 53.6 Å². The Balaban J connectivity index is 1.41. The number of aromatic nitrogens is 4. The van der Waals surface area contributed by atoms with Gasteiger partial charge < -0.3 is 9.64 Å². The number of amides is 1. The van der Waals surface area contributed by atoms with Crippen LogP contribution >= 0.6 is 0 Å². The molecule has 0 atom stereocenters. The summed E-state index contributed by atoms with van der Waals surface area (Å²) in [5, 5.41) is 4.33. The number of hydrogen-bond acceptors (Lipinski definition) is 5. The van der Waals surface area contributed by atoms with Crippen molar-refractivity contribution in [3.63, 3.8) is 0 Å². The maximum atomic E-state index is 12.6. The van der Waals surface area contributed by atoms with Crippen LogP contribution in [0.15, 0.2) is 67.3 Å². The van der Waals surface area contributed by atoms with Crippen LogP contribution < -0.4 is 0 Å². The minimum atomic E-state index is 0.0303. The lowest BCUT2D eigenvalue weighted by Crippen LogP contribution is -2.40. The van der Waals surface area contributed by atoms with Crippen LogP contribution in [0.25, 0.3) is 16.9 Å². The van der Waals surface area contributed by atoms with Gasteiger partial charge in [-0.05, 0) is 30.3 Å². The molecule has 152 valence electrons. The Hall–Kier alpha value is -4.02. The first-order valence-electron chi connectivity index (χ1n) is 10.0. The van der Waals surface area contributed by atoms with E-state index in [1.165, 1.54) is 0 Å². The molecule has 1 aromatic carbocycles. The molecule has 5 rings (SSSR count). The molecular weight excluding hydrogens is 390 g/mol. The highest BCUT2D eigenvalue weighted by atomic mass is 16.5. The summed E-state index contributed by atoms with van der Waals surface area (Å²) < 4.78 is 7.03. The molecule has 3 aromatic heterocycles. The van der Waals surface area contributed by atoms with Gasteiger partial charge in [0.15, 0.2) is 5.65 Å². The van der Waals surface area contributed by atoms with Crippen LogP contribution in [0.3, 0.4) is 0 Å². The highest BCUT2D eigenvalue weighted by Gasteiger charge is 2.18. The van der Waals surface area contributed by atoms with Crippen molar-refractivity contribution in [2.45, 2.75) is 0 Å². The molecule has 1 aliphatic rings. The molecule has 4 heterocycles. The Bertz CT molecular complexity index is 1280. The number of nitrogens with zero attached hydrogens (tertiary/aromatic N) is 5. The smallest absolute Gasteiger partial charge is 0.254 e. The van der Waals surface area contributed by atoms with Gasteiger partial charge in [-0.15, -0.1) is 0 Å². The molecule has 0 unspecified atom stereocenters. The standard InChI is InChI=1S/C24H19N5O2/c30-24(28-13-15-31-16-14-28)20-5-3-19(4-6-20)22-9-12-29-23(27-22)21(17-26-29)2-1-18-7-10-25-11-8-18/h3-12,17H,13-16H2. The van der Waals surface area contributed by atoms with E-state index in [0.29, 0.717) is 37.5 Å². The van der Waals surface area contributed by atoms with Crippen LogP contribution in [-0.2, 0) is 4.74 Å². The maximum absolute atomic E-state index is 12.6. The molecule has 0 spiro atoms. The fourth-order valence-corrected chi connectivity index (χ4v) is 3.43. The summed E-state index contributed by atoms with van der Waals surface area (Å²) in [6.07, 6.45) is 7.00. The van der Waals surface area contributed by atoms with E-state index in [9.17, 15) is 4.79 Å². The molecule has 0 aliphatic carbocycles. The zero-order valence-electron chi connectivity index (χ0n) is 16.7. The van der Waals surface area contributed by atoms with Gasteiger partial charge in [-0.25, -0.2) is 9.50 Å².